The van der Waals surface area contributed by atoms with Crippen LogP contribution in [0.1, 0.15) is 55.4 Å². The Labute approximate surface area is 119 Å². The SMILES string of the molecule is CC.CC.CC.CC.c1ccoc1.c1ccsc1. The lowest BCUT2D eigenvalue weighted by Crippen LogP contribution is -1.16. The quantitative estimate of drug-likeness (QED) is 0.497. The molecule has 2 aromatic rings. The molecule has 2 heterocycles. The van der Waals surface area contributed by atoms with Crippen molar-refractivity contribution in [3.8, 4) is 0 Å². The average Bonchev–Trinajstić information content (AvgIpc) is 3.25. The molecule has 0 aliphatic rings. The minimum Gasteiger partial charge on any atom is -0.473 e. The monoisotopic (exact) mass is 272 g/mol. The summed E-state index contributed by atoms with van der Waals surface area (Å²) in [5, 5.41) is 4.08. The minimum atomic E-state index is 1.62. The summed E-state index contributed by atoms with van der Waals surface area (Å²) >= 11 is 1.71. The van der Waals surface area contributed by atoms with Crippen molar-refractivity contribution in [3.05, 3.63) is 47.6 Å². The molecule has 0 saturated carbocycles. The Bertz CT molecular complexity index is 150. The molecule has 0 N–H and O–H groups in total. The molecule has 1 nitrogen and oxygen atoms in total. The normalized spacial score (nSPS) is 5.78. The molecule has 0 aliphatic carbocycles. The van der Waals surface area contributed by atoms with Crippen LogP contribution in [0.4, 0.5) is 0 Å². The van der Waals surface area contributed by atoms with Gasteiger partial charge in [-0.1, -0.05) is 67.5 Å². The van der Waals surface area contributed by atoms with Crippen LogP contribution >= 0.6 is 11.3 Å². The third-order valence-corrected chi connectivity index (χ3v) is 1.48. The van der Waals surface area contributed by atoms with Gasteiger partial charge in [-0.15, -0.1) is 0 Å². The zero-order valence-corrected chi connectivity index (χ0v) is 14.3. The Kier molecular flexibility index (Phi) is 63.6. The standard InChI is InChI=1S/C4H4O.C4H4S.4C2H6/c2*1-2-4-5-3-1;4*1-2/h2*1-4H;4*1-2H3. The van der Waals surface area contributed by atoms with Crippen molar-refractivity contribution in [1.29, 1.82) is 0 Å². The van der Waals surface area contributed by atoms with Crippen LogP contribution in [0.25, 0.3) is 0 Å². The third kappa shape index (κ3) is 36.3. The van der Waals surface area contributed by atoms with Gasteiger partial charge < -0.3 is 4.42 Å². The first-order valence-corrected chi connectivity index (χ1v) is 7.89. The lowest BCUT2D eigenvalue weighted by molar-refractivity contribution is 0.567. The number of hydrogen-bond donors (Lipinski definition) is 0. The maximum atomic E-state index is 4.58. The van der Waals surface area contributed by atoms with Crippen LogP contribution in [0, 0.1) is 0 Å². The highest BCUT2D eigenvalue weighted by Crippen LogP contribution is 1.91. The Balaban J connectivity index is -0.0000000713. The zero-order valence-electron chi connectivity index (χ0n) is 13.4. The van der Waals surface area contributed by atoms with Gasteiger partial charge in [0.1, 0.15) is 0 Å². The van der Waals surface area contributed by atoms with Crippen LogP contribution < -0.4 is 0 Å². The van der Waals surface area contributed by atoms with E-state index in [0.717, 1.165) is 0 Å². The van der Waals surface area contributed by atoms with Crippen LogP contribution in [0.2, 0.25) is 0 Å². The van der Waals surface area contributed by atoms with E-state index >= 15 is 0 Å². The summed E-state index contributed by atoms with van der Waals surface area (Å²) in [6, 6.07) is 7.70. The van der Waals surface area contributed by atoms with Crippen molar-refractivity contribution >= 4 is 11.3 Å². The van der Waals surface area contributed by atoms with Gasteiger partial charge in [0.25, 0.3) is 0 Å². The van der Waals surface area contributed by atoms with E-state index in [-0.39, 0.29) is 0 Å². The second kappa shape index (κ2) is 44.5. The molecule has 0 amide bonds. The molecule has 0 radical (unpaired) electrons. The first-order chi connectivity index (χ1) is 9.00. The van der Waals surface area contributed by atoms with Gasteiger partial charge in [-0.25, -0.2) is 0 Å². The fourth-order valence-corrected chi connectivity index (χ4v) is 0.907. The molecule has 0 aromatic carbocycles. The molecule has 2 rings (SSSR count). The summed E-state index contributed by atoms with van der Waals surface area (Å²) < 4.78 is 4.58. The maximum Gasteiger partial charge on any atom is 0.0902 e. The third-order valence-electron chi connectivity index (χ3n) is 0.851. The molecule has 0 aliphatic heterocycles. The van der Waals surface area contributed by atoms with Crippen LogP contribution in [0.3, 0.4) is 0 Å². The Morgan fingerprint density at radius 3 is 1.00 bits per heavy atom. The highest BCUT2D eigenvalue weighted by atomic mass is 32.1. The molecule has 2 heteroatoms. The van der Waals surface area contributed by atoms with E-state index in [4.69, 9.17) is 0 Å². The summed E-state index contributed by atoms with van der Waals surface area (Å²) in [4.78, 5) is 0. The molecule has 2 aromatic heterocycles. The van der Waals surface area contributed by atoms with E-state index in [1.54, 1.807) is 23.9 Å². The van der Waals surface area contributed by atoms with E-state index in [9.17, 15) is 0 Å². The van der Waals surface area contributed by atoms with Crippen LogP contribution in [-0.2, 0) is 0 Å². The molecule has 0 fully saturated rings. The lowest BCUT2D eigenvalue weighted by Gasteiger charge is -1.50. The van der Waals surface area contributed by atoms with E-state index < -0.39 is 0 Å². The first-order valence-electron chi connectivity index (χ1n) is 6.94. The second-order valence-electron chi connectivity index (χ2n) is 1.59. The summed E-state index contributed by atoms with van der Waals surface area (Å²) in [7, 11) is 0. The van der Waals surface area contributed by atoms with Gasteiger partial charge in [-0.3, -0.25) is 0 Å². The predicted molar refractivity (Wildman–Crippen MR) is 88.4 cm³/mol. The molecular formula is C16H32OS. The average molecular weight is 272 g/mol. The summed E-state index contributed by atoms with van der Waals surface area (Å²) in [5.41, 5.74) is 0. The molecule has 0 unspecified atom stereocenters. The largest absolute Gasteiger partial charge is 0.473 e. The Morgan fingerprint density at radius 1 is 0.556 bits per heavy atom. The van der Waals surface area contributed by atoms with Crippen molar-refractivity contribution in [2.75, 3.05) is 0 Å². The first kappa shape index (κ1) is 25.7. The number of hydrogen-bond acceptors (Lipinski definition) is 2. The van der Waals surface area contributed by atoms with Crippen molar-refractivity contribution < 1.29 is 4.42 Å². The predicted octanol–water partition coefficient (Wildman–Crippen LogP) is 7.13. The van der Waals surface area contributed by atoms with E-state index in [0.29, 0.717) is 0 Å². The summed E-state index contributed by atoms with van der Waals surface area (Å²) in [6.07, 6.45) is 3.25. The number of furan rings is 1. The van der Waals surface area contributed by atoms with Crippen molar-refractivity contribution in [2.24, 2.45) is 0 Å². The van der Waals surface area contributed by atoms with Gasteiger partial charge in [-0.05, 0) is 22.9 Å². The van der Waals surface area contributed by atoms with Gasteiger partial charge in [-0.2, -0.15) is 11.3 Å². The highest BCUT2D eigenvalue weighted by Gasteiger charge is 1.59. The fourth-order valence-electron chi connectivity index (χ4n) is 0.454. The molecule has 0 saturated heterocycles. The van der Waals surface area contributed by atoms with Gasteiger partial charge in [0, 0.05) is 0 Å². The van der Waals surface area contributed by atoms with Gasteiger partial charge in [0.2, 0.25) is 0 Å². The number of rotatable bonds is 0. The fraction of sp³-hybridized carbons (Fsp3) is 0.500. The maximum absolute atomic E-state index is 4.58. The van der Waals surface area contributed by atoms with Gasteiger partial charge >= 0.3 is 0 Å². The molecule has 0 bridgehead atoms. The van der Waals surface area contributed by atoms with Crippen LogP contribution in [0.15, 0.2) is 52.0 Å². The minimum absolute atomic E-state index is 1.62. The number of thiophene rings is 1. The molecule has 0 atom stereocenters. The van der Waals surface area contributed by atoms with E-state index in [1.807, 2.05) is 90.4 Å². The molecule has 108 valence electrons. The Morgan fingerprint density at radius 2 is 0.889 bits per heavy atom. The van der Waals surface area contributed by atoms with Crippen molar-refractivity contribution in [2.45, 2.75) is 55.4 Å². The van der Waals surface area contributed by atoms with Gasteiger partial charge in [0.05, 0.1) is 12.5 Å². The molecule has 18 heavy (non-hydrogen) atoms. The van der Waals surface area contributed by atoms with Crippen molar-refractivity contribution in [1.82, 2.24) is 0 Å². The van der Waals surface area contributed by atoms with Crippen molar-refractivity contribution in [3.63, 3.8) is 0 Å². The van der Waals surface area contributed by atoms with E-state index in [2.05, 4.69) is 4.42 Å². The zero-order chi connectivity index (χ0) is 15.1. The summed E-state index contributed by atoms with van der Waals surface area (Å²) in [6.45, 7) is 16.0. The van der Waals surface area contributed by atoms with Crippen LogP contribution in [-0.4, -0.2) is 0 Å². The molecular weight excluding hydrogens is 240 g/mol. The van der Waals surface area contributed by atoms with E-state index in [1.165, 1.54) is 0 Å². The smallest absolute Gasteiger partial charge is 0.0902 e. The topological polar surface area (TPSA) is 13.1 Å². The van der Waals surface area contributed by atoms with Crippen LogP contribution in [0.5, 0.6) is 0 Å². The highest BCUT2D eigenvalue weighted by molar-refractivity contribution is 7.07. The lowest BCUT2D eigenvalue weighted by atomic mass is 10.7. The molecule has 0 spiro atoms. The second-order valence-corrected chi connectivity index (χ2v) is 2.40. The van der Waals surface area contributed by atoms with Gasteiger partial charge in [0.15, 0.2) is 0 Å². The Hall–Kier alpha value is -1.02. The summed E-state index contributed by atoms with van der Waals surface area (Å²) in [5.74, 6) is 0.